The van der Waals surface area contributed by atoms with Gasteiger partial charge in [0.25, 0.3) is 0 Å². The Morgan fingerprint density at radius 3 is 2.10 bits per heavy atom. The smallest absolute Gasteiger partial charge is 0.437 e. The van der Waals surface area contributed by atoms with E-state index in [0.29, 0.717) is 15.9 Å². The molecule has 0 heterocycles. The molecule has 0 atom stereocenters. The molecule has 0 spiro atoms. The van der Waals surface area contributed by atoms with E-state index in [0.717, 1.165) is 11.1 Å². The van der Waals surface area contributed by atoms with Gasteiger partial charge < -0.3 is 20.9 Å². The fourth-order valence-corrected chi connectivity index (χ4v) is 2.47. The van der Waals surface area contributed by atoms with Crippen molar-refractivity contribution in [3.05, 3.63) is 21.7 Å². The molecular formula is C15H23BrN2O3. The fourth-order valence-electron chi connectivity index (χ4n) is 1.96. The molecule has 0 aliphatic heterocycles. The van der Waals surface area contributed by atoms with Crippen molar-refractivity contribution in [2.75, 3.05) is 12.8 Å². The topological polar surface area (TPSA) is 87.6 Å². The highest BCUT2D eigenvalue weighted by Gasteiger charge is 2.29. The van der Waals surface area contributed by atoms with Crippen LogP contribution in [0.5, 0.6) is 5.75 Å². The Kier molecular flexibility index (Phi) is 4.95. The Balaban J connectivity index is 3.64. The minimum absolute atomic E-state index is 0.264. The van der Waals surface area contributed by atoms with Gasteiger partial charge in [0, 0.05) is 11.1 Å². The zero-order valence-electron chi connectivity index (χ0n) is 13.3. The van der Waals surface area contributed by atoms with E-state index in [9.17, 15) is 4.79 Å². The average molecular weight is 359 g/mol. The first-order valence-electron chi connectivity index (χ1n) is 6.57. The van der Waals surface area contributed by atoms with Gasteiger partial charge in [-0.25, -0.2) is 4.79 Å². The molecule has 0 aliphatic rings. The van der Waals surface area contributed by atoms with Crippen LogP contribution in [0.4, 0.5) is 10.5 Å². The van der Waals surface area contributed by atoms with Crippen LogP contribution in [0.15, 0.2) is 10.5 Å². The number of nitrogen functional groups attached to an aromatic ring is 1. The van der Waals surface area contributed by atoms with Crippen LogP contribution in [-0.4, -0.2) is 13.3 Å². The molecule has 0 fully saturated rings. The number of halogens is 1. The van der Waals surface area contributed by atoms with Gasteiger partial charge in [0.05, 0.1) is 17.3 Å². The van der Waals surface area contributed by atoms with Gasteiger partial charge in [-0.05, 0) is 46.8 Å². The Morgan fingerprint density at radius 1 is 1.19 bits per heavy atom. The summed E-state index contributed by atoms with van der Waals surface area (Å²) >= 11 is 3.41. The van der Waals surface area contributed by atoms with E-state index < -0.39 is 11.7 Å². The van der Waals surface area contributed by atoms with Gasteiger partial charge in [-0.1, -0.05) is 20.8 Å². The third-order valence-corrected chi connectivity index (χ3v) is 3.90. The van der Waals surface area contributed by atoms with E-state index in [2.05, 4.69) is 20.7 Å². The van der Waals surface area contributed by atoms with E-state index in [1.807, 2.05) is 40.7 Å². The summed E-state index contributed by atoms with van der Waals surface area (Å²) in [5.41, 5.74) is 13.5. The normalized spacial score (nSPS) is 12.2. The number of hydrogen-bond donors (Lipinski definition) is 2. The summed E-state index contributed by atoms with van der Waals surface area (Å²) in [6, 6.07) is 1.89. The number of anilines is 1. The van der Waals surface area contributed by atoms with Crippen LogP contribution < -0.4 is 16.2 Å². The molecule has 4 N–H and O–H groups in total. The maximum Gasteiger partial charge on any atom is 0.513 e. The predicted octanol–water partition coefficient (Wildman–Crippen LogP) is 3.67. The van der Waals surface area contributed by atoms with E-state index >= 15 is 0 Å². The number of ether oxygens (including phenoxy) is 2. The highest BCUT2D eigenvalue weighted by molar-refractivity contribution is 9.10. The fraction of sp³-hybridized carbons (Fsp3) is 0.533. The molecule has 6 heteroatoms. The van der Waals surface area contributed by atoms with E-state index in [1.165, 1.54) is 7.11 Å². The Labute approximate surface area is 134 Å². The summed E-state index contributed by atoms with van der Waals surface area (Å²) in [5.74, 6) is 0.361. The molecule has 0 saturated heterocycles. The van der Waals surface area contributed by atoms with Crippen molar-refractivity contribution in [3.8, 4) is 5.75 Å². The molecular weight excluding hydrogens is 336 g/mol. The van der Waals surface area contributed by atoms with Crippen LogP contribution in [0.25, 0.3) is 0 Å². The quantitative estimate of drug-likeness (QED) is 0.478. The summed E-state index contributed by atoms with van der Waals surface area (Å²) in [6.45, 7) is 9.80. The molecule has 0 aromatic heterocycles. The molecule has 118 valence electrons. The number of carbonyl (C=O) groups is 1. The minimum atomic E-state index is -0.791. The molecule has 5 nitrogen and oxygen atoms in total. The Morgan fingerprint density at radius 2 is 1.71 bits per heavy atom. The van der Waals surface area contributed by atoms with Gasteiger partial charge in [-0.15, -0.1) is 0 Å². The third kappa shape index (κ3) is 3.89. The van der Waals surface area contributed by atoms with Crippen LogP contribution >= 0.6 is 15.9 Å². The third-order valence-electron chi connectivity index (χ3n) is 3.11. The predicted molar refractivity (Wildman–Crippen MR) is 87.5 cm³/mol. The van der Waals surface area contributed by atoms with Gasteiger partial charge in [0.1, 0.15) is 0 Å². The molecule has 1 aromatic rings. The monoisotopic (exact) mass is 358 g/mol. The van der Waals surface area contributed by atoms with E-state index in [4.69, 9.17) is 16.2 Å². The van der Waals surface area contributed by atoms with Gasteiger partial charge in [0.15, 0.2) is 5.75 Å². The Hall–Kier alpha value is -1.27. The molecule has 0 bridgehead atoms. The molecule has 0 saturated carbocycles. The lowest BCUT2D eigenvalue weighted by Crippen LogP contribution is -2.31. The first-order valence-corrected chi connectivity index (χ1v) is 7.36. The van der Waals surface area contributed by atoms with E-state index in [-0.39, 0.29) is 5.41 Å². The summed E-state index contributed by atoms with van der Waals surface area (Å²) in [5, 5.41) is 0. The zero-order chi connectivity index (χ0) is 16.6. The van der Waals surface area contributed by atoms with E-state index in [1.54, 1.807) is 0 Å². The van der Waals surface area contributed by atoms with Gasteiger partial charge in [-0.2, -0.15) is 0 Å². The molecule has 0 unspecified atom stereocenters. The maximum atomic E-state index is 11.5. The lowest BCUT2D eigenvalue weighted by Gasteiger charge is -2.29. The second-order valence-electron chi connectivity index (χ2n) is 6.56. The van der Waals surface area contributed by atoms with Crippen LogP contribution in [-0.2, 0) is 15.7 Å². The van der Waals surface area contributed by atoms with Crippen LogP contribution in [0.1, 0.15) is 45.7 Å². The first-order chi connectivity index (χ1) is 9.39. The van der Waals surface area contributed by atoms with Crippen molar-refractivity contribution in [3.63, 3.8) is 0 Å². The Bertz CT molecular complexity index is 558. The average Bonchev–Trinajstić information content (AvgIpc) is 2.31. The lowest BCUT2D eigenvalue weighted by atomic mass is 9.82. The first kappa shape index (κ1) is 17.8. The summed E-state index contributed by atoms with van der Waals surface area (Å²) in [7, 11) is 1.26. The largest absolute Gasteiger partial charge is 0.513 e. The van der Waals surface area contributed by atoms with Gasteiger partial charge in [0.2, 0.25) is 0 Å². The number of methoxy groups -OCH3 is 1. The number of benzene rings is 1. The van der Waals surface area contributed by atoms with Crippen molar-refractivity contribution >= 4 is 27.8 Å². The molecule has 21 heavy (non-hydrogen) atoms. The van der Waals surface area contributed by atoms with Gasteiger partial charge >= 0.3 is 6.16 Å². The highest BCUT2D eigenvalue weighted by atomic mass is 79.9. The minimum Gasteiger partial charge on any atom is -0.437 e. The standard InChI is InChI=1S/C15H23BrN2O3/c1-14(2,3)9-7-8(15(4,5)18)11(17)10(16)12(9)21-13(19)20-6/h7H,17-18H2,1-6H3. The summed E-state index contributed by atoms with van der Waals surface area (Å²) in [6.07, 6.45) is -0.791. The van der Waals surface area contributed by atoms with Crippen molar-refractivity contribution in [1.82, 2.24) is 0 Å². The zero-order valence-corrected chi connectivity index (χ0v) is 14.9. The van der Waals surface area contributed by atoms with Gasteiger partial charge in [-0.3, -0.25) is 0 Å². The molecule has 1 aromatic carbocycles. The second-order valence-corrected chi connectivity index (χ2v) is 7.35. The summed E-state index contributed by atoms with van der Waals surface area (Å²) in [4.78, 5) is 11.5. The number of carbonyl (C=O) groups excluding carboxylic acids is 1. The van der Waals surface area contributed by atoms with Crippen LogP contribution in [0, 0.1) is 0 Å². The van der Waals surface area contributed by atoms with Crippen molar-refractivity contribution in [1.29, 1.82) is 0 Å². The number of rotatable bonds is 2. The molecule has 0 amide bonds. The maximum absolute atomic E-state index is 11.5. The SMILES string of the molecule is COC(=O)Oc1c(C(C)(C)C)cc(C(C)(C)N)c(N)c1Br. The molecule has 0 aliphatic carbocycles. The number of nitrogens with two attached hydrogens (primary N) is 2. The van der Waals surface area contributed by atoms with Crippen molar-refractivity contribution in [2.24, 2.45) is 5.73 Å². The van der Waals surface area contributed by atoms with Crippen molar-refractivity contribution < 1.29 is 14.3 Å². The number of hydrogen-bond acceptors (Lipinski definition) is 5. The molecule has 1 rings (SSSR count). The van der Waals surface area contributed by atoms with Crippen molar-refractivity contribution in [2.45, 2.75) is 45.6 Å². The second kappa shape index (κ2) is 5.85. The summed E-state index contributed by atoms with van der Waals surface area (Å²) < 4.78 is 10.3. The van der Waals surface area contributed by atoms with Crippen LogP contribution in [0.3, 0.4) is 0 Å². The molecule has 0 radical (unpaired) electrons. The highest BCUT2D eigenvalue weighted by Crippen LogP contribution is 2.44. The van der Waals surface area contributed by atoms with Crippen LogP contribution in [0.2, 0.25) is 0 Å². The lowest BCUT2D eigenvalue weighted by molar-refractivity contribution is 0.120.